The molecule has 2 N–H and O–H groups in total. The van der Waals surface area contributed by atoms with E-state index in [1.165, 1.54) is 37.2 Å². The molecule has 3 heteroatoms. The normalized spacial score (nSPS) is 16.3. The van der Waals surface area contributed by atoms with Crippen LogP contribution >= 0.6 is 15.9 Å². The molecule has 0 amide bonds. The van der Waals surface area contributed by atoms with Crippen molar-refractivity contribution in [3.05, 3.63) is 28.2 Å². The zero-order chi connectivity index (χ0) is 9.97. The summed E-state index contributed by atoms with van der Waals surface area (Å²) in [5, 5.41) is 0. The van der Waals surface area contributed by atoms with E-state index in [1.807, 2.05) is 0 Å². The Labute approximate surface area is 93.2 Å². The number of rotatable bonds is 2. The highest BCUT2D eigenvalue weighted by Crippen LogP contribution is 2.25. The summed E-state index contributed by atoms with van der Waals surface area (Å²) in [5.74, 6) is 0. The number of nitrogens with two attached hydrogens (primary N) is 1. The summed E-state index contributed by atoms with van der Waals surface area (Å²) < 4.78 is 1.13. The first-order valence-corrected chi connectivity index (χ1v) is 5.83. The number of hydrogen-bond acceptors (Lipinski definition) is 2. The smallest absolute Gasteiger partial charge is 0.0380 e. The fraction of sp³-hybridized carbons (Fsp3) is 0.455. The minimum atomic E-state index is 0.611. The summed E-state index contributed by atoms with van der Waals surface area (Å²) in [5.41, 5.74) is 8.15. The van der Waals surface area contributed by atoms with Gasteiger partial charge in [-0.3, -0.25) is 0 Å². The van der Waals surface area contributed by atoms with Crippen LogP contribution in [-0.2, 0) is 6.54 Å². The van der Waals surface area contributed by atoms with Crippen molar-refractivity contribution in [3.8, 4) is 0 Å². The summed E-state index contributed by atoms with van der Waals surface area (Å²) in [7, 11) is 0. The molecule has 2 nitrogen and oxygen atoms in total. The molecule has 1 heterocycles. The Bertz CT molecular complexity index is 319. The summed E-state index contributed by atoms with van der Waals surface area (Å²) >= 11 is 3.52. The first-order chi connectivity index (χ1) is 6.79. The van der Waals surface area contributed by atoms with Crippen molar-refractivity contribution in [2.75, 3.05) is 18.0 Å². The van der Waals surface area contributed by atoms with Gasteiger partial charge >= 0.3 is 0 Å². The van der Waals surface area contributed by atoms with Crippen molar-refractivity contribution in [3.63, 3.8) is 0 Å². The lowest BCUT2D eigenvalue weighted by atomic mass is 10.2. The molecule has 0 aliphatic carbocycles. The average molecular weight is 255 g/mol. The van der Waals surface area contributed by atoms with E-state index >= 15 is 0 Å². The van der Waals surface area contributed by atoms with Crippen LogP contribution in [0.4, 0.5) is 5.69 Å². The van der Waals surface area contributed by atoms with Crippen molar-refractivity contribution >= 4 is 21.6 Å². The van der Waals surface area contributed by atoms with Gasteiger partial charge in [0.15, 0.2) is 0 Å². The Morgan fingerprint density at radius 1 is 1.21 bits per heavy atom. The van der Waals surface area contributed by atoms with Crippen molar-refractivity contribution in [2.24, 2.45) is 5.73 Å². The Hall–Kier alpha value is -0.540. The van der Waals surface area contributed by atoms with E-state index in [2.05, 4.69) is 39.0 Å². The molecule has 76 valence electrons. The topological polar surface area (TPSA) is 29.3 Å². The molecule has 1 aliphatic heterocycles. The zero-order valence-corrected chi connectivity index (χ0v) is 9.76. The molecule has 1 saturated heterocycles. The van der Waals surface area contributed by atoms with Crippen molar-refractivity contribution in [1.82, 2.24) is 0 Å². The van der Waals surface area contributed by atoms with E-state index < -0.39 is 0 Å². The van der Waals surface area contributed by atoms with Gasteiger partial charge in [0.1, 0.15) is 0 Å². The number of anilines is 1. The molecule has 14 heavy (non-hydrogen) atoms. The van der Waals surface area contributed by atoms with E-state index in [-0.39, 0.29) is 0 Å². The fourth-order valence-corrected chi connectivity index (χ4v) is 2.44. The van der Waals surface area contributed by atoms with Gasteiger partial charge in [0.2, 0.25) is 0 Å². The molecular weight excluding hydrogens is 240 g/mol. The van der Waals surface area contributed by atoms with Crippen LogP contribution in [0.5, 0.6) is 0 Å². The maximum Gasteiger partial charge on any atom is 0.0380 e. The molecule has 0 spiro atoms. The predicted octanol–water partition coefficient (Wildman–Crippen LogP) is 2.51. The SMILES string of the molecule is NCc1cc(Br)cc(N2CCCC2)c1. The van der Waals surface area contributed by atoms with Gasteiger partial charge in [-0.1, -0.05) is 15.9 Å². The largest absolute Gasteiger partial charge is 0.371 e. The standard InChI is InChI=1S/C11H15BrN2/c12-10-5-9(8-13)6-11(7-10)14-3-1-2-4-14/h5-7H,1-4,8,13H2. The predicted molar refractivity (Wildman–Crippen MR) is 63.5 cm³/mol. The maximum absolute atomic E-state index is 5.65. The Balaban J connectivity index is 2.27. The third kappa shape index (κ3) is 2.10. The summed E-state index contributed by atoms with van der Waals surface area (Å²) in [6, 6.07) is 6.44. The zero-order valence-electron chi connectivity index (χ0n) is 8.17. The summed E-state index contributed by atoms with van der Waals surface area (Å²) in [4.78, 5) is 2.42. The van der Waals surface area contributed by atoms with E-state index in [1.54, 1.807) is 0 Å². The molecule has 1 aromatic carbocycles. The van der Waals surface area contributed by atoms with Gasteiger partial charge in [-0.05, 0) is 36.6 Å². The first-order valence-electron chi connectivity index (χ1n) is 5.04. The molecule has 2 rings (SSSR count). The second-order valence-electron chi connectivity index (χ2n) is 3.72. The Morgan fingerprint density at radius 2 is 1.93 bits per heavy atom. The van der Waals surface area contributed by atoms with Crippen LogP contribution in [0.25, 0.3) is 0 Å². The molecule has 0 bridgehead atoms. The van der Waals surface area contributed by atoms with Crippen LogP contribution in [0.2, 0.25) is 0 Å². The molecule has 0 aromatic heterocycles. The quantitative estimate of drug-likeness (QED) is 0.879. The maximum atomic E-state index is 5.65. The number of halogens is 1. The van der Waals surface area contributed by atoms with E-state index in [0.717, 1.165) is 4.47 Å². The molecule has 0 unspecified atom stereocenters. The van der Waals surface area contributed by atoms with Gasteiger partial charge in [0.25, 0.3) is 0 Å². The van der Waals surface area contributed by atoms with E-state index in [9.17, 15) is 0 Å². The Kier molecular flexibility index (Phi) is 3.08. The lowest BCUT2D eigenvalue weighted by Crippen LogP contribution is -2.17. The molecule has 1 fully saturated rings. The van der Waals surface area contributed by atoms with Gasteiger partial charge in [-0.25, -0.2) is 0 Å². The summed E-state index contributed by atoms with van der Waals surface area (Å²) in [6.07, 6.45) is 2.62. The summed E-state index contributed by atoms with van der Waals surface area (Å²) in [6.45, 7) is 2.97. The second kappa shape index (κ2) is 4.32. The van der Waals surface area contributed by atoms with Crippen LogP contribution in [0.3, 0.4) is 0 Å². The number of nitrogens with zero attached hydrogens (tertiary/aromatic N) is 1. The fourth-order valence-electron chi connectivity index (χ4n) is 1.91. The van der Waals surface area contributed by atoms with E-state index in [0.29, 0.717) is 6.54 Å². The van der Waals surface area contributed by atoms with E-state index in [4.69, 9.17) is 5.73 Å². The molecule has 0 saturated carbocycles. The lowest BCUT2D eigenvalue weighted by Gasteiger charge is -2.18. The van der Waals surface area contributed by atoms with Crippen LogP contribution in [0, 0.1) is 0 Å². The molecule has 0 radical (unpaired) electrons. The van der Waals surface area contributed by atoms with Gasteiger partial charge < -0.3 is 10.6 Å². The van der Waals surface area contributed by atoms with Gasteiger partial charge in [-0.2, -0.15) is 0 Å². The molecule has 1 aliphatic rings. The van der Waals surface area contributed by atoms with Crippen LogP contribution in [-0.4, -0.2) is 13.1 Å². The minimum absolute atomic E-state index is 0.611. The highest BCUT2D eigenvalue weighted by molar-refractivity contribution is 9.10. The monoisotopic (exact) mass is 254 g/mol. The Morgan fingerprint density at radius 3 is 2.57 bits per heavy atom. The van der Waals surface area contributed by atoms with Crippen LogP contribution in [0.15, 0.2) is 22.7 Å². The molecular formula is C11H15BrN2. The highest BCUT2D eigenvalue weighted by atomic mass is 79.9. The van der Waals surface area contributed by atoms with Gasteiger partial charge in [-0.15, -0.1) is 0 Å². The van der Waals surface area contributed by atoms with Gasteiger partial charge in [0, 0.05) is 29.8 Å². The van der Waals surface area contributed by atoms with Crippen LogP contribution < -0.4 is 10.6 Å². The van der Waals surface area contributed by atoms with Crippen molar-refractivity contribution in [2.45, 2.75) is 19.4 Å². The van der Waals surface area contributed by atoms with Gasteiger partial charge in [0.05, 0.1) is 0 Å². The average Bonchev–Trinajstić information content (AvgIpc) is 2.69. The second-order valence-corrected chi connectivity index (χ2v) is 4.63. The third-order valence-electron chi connectivity index (χ3n) is 2.65. The minimum Gasteiger partial charge on any atom is -0.371 e. The highest BCUT2D eigenvalue weighted by Gasteiger charge is 2.12. The molecule has 0 atom stereocenters. The lowest BCUT2D eigenvalue weighted by molar-refractivity contribution is 0.949. The van der Waals surface area contributed by atoms with Crippen molar-refractivity contribution < 1.29 is 0 Å². The first kappa shape index (κ1) is 9.99. The van der Waals surface area contributed by atoms with Crippen molar-refractivity contribution in [1.29, 1.82) is 0 Å². The molecule has 1 aromatic rings. The number of benzene rings is 1. The van der Waals surface area contributed by atoms with Crippen LogP contribution in [0.1, 0.15) is 18.4 Å². The number of hydrogen-bond donors (Lipinski definition) is 1. The third-order valence-corrected chi connectivity index (χ3v) is 3.11.